The number of nitrogens with zero attached hydrogens (tertiary/aromatic N) is 3. The van der Waals surface area contributed by atoms with E-state index in [1.54, 1.807) is 10.9 Å². The molecule has 1 aromatic rings. The monoisotopic (exact) mass is 315 g/mol. The molecule has 5 nitrogen and oxygen atoms in total. The van der Waals surface area contributed by atoms with E-state index in [4.69, 9.17) is 4.74 Å². The molecule has 0 aliphatic carbocycles. The Morgan fingerprint density at radius 3 is 3.00 bits per heavy atom. The molecule has 0 bridgehead atoms. The SMILES string of the molecule is CCN1CCOC(C(=O)c2c(Br)cnn2CC)C1. The van der Waals surface area contributed by atoms with Gasteiger partial charge in [0.05, 0.1) is 17.3 Å². The van der Waals surface area contributed by atoms with Crippen LogP contribution in [0.2, 0.25) is 0 Å². The van der Waals surface area contributed by atoms with Gasteiger partial charge in [0.1, 0.15) is 11.8 Å². The zero-order valence-electron chi connectivity index (χ0n) is 10.7. The van der Waals surface area contributed by atoms with Gasteiger partial charge in [-0.05, 0) is 29.4 Å². The second kappa shape index (κ2) is 5.95. The Bertz CT molecular complexity index is 433. The maximum absolute atomic E-state index is 12.5. The Hall–Kier alpha value is -0.720. The van der Waals surface area contributed by atoms with Crippen molar-refractivity contribution in [2.45, 2.75) is 26.5 Å². The maximum Gasteiger partial charge on any atom is 0.211 e. The lowest BCUT2D eigenvalue weighted by molar-refractivity contribution is -0.0154. The lowest BCUT2D eigenvalue weighted by Crippen LogP contribution is -2.46. The number of rotatable bonds is 4. The van der Waals surface area contributed by atoms with Crippen molar-refractivity contribution in [1.29, 1.82) is 0 Å². The number of aryl methyl sites for hydroxylation is 1. The average Bonchev–Trinajstić information content (AvgIpc) is 2.79. The molecule has 1 aromatic heterocycles. The van der Waals surface area contributed by atoms with E-state index in [1.165, 1.54) is 0 Å². The molecule has 1 saturated heterocycles. The summed E-state index contributed by atoms with van der Waals surface area (Å²) in [6.07, 6.45) is 1.29. The summed E-state index contributed by atoms with van der Waals surface area (Å²) in [5, 5.41) is 4.17. The molecule has 0 spiro atoms. The molecule has 0 N–H and O–H groups in total. The average molecular weight is 316 g/mol. The minimum Gasteiger partial charge on any atom is -0.367 e. The summed E-state index contributed by atoms with van der Waals surface area (Å²) in [5.41, 5.74) is 0.612. The second-order valence-electron chi connectivity index (χ2n) is 4.27. The number of carbonyl (C=O) groups excluding carboxylic acids is 1. The van der Waals surface area contributed by atoms with Crippen molar-refractivity contribution in [3.05, 3.63) is 16.4 Å². The van der Waals surface area contributed by atoms with E-state index in [-0.39, 0.29) is 11.9 Å². The number of hydrogen-bond acceptors (Lipinski definition) is 4. The van der Waals surface area contributed by atoms with Crippen molar-refractivity contribution in [3.8, 4) is 0 Å². The van der Waals surface area contributed by atoms with Gasteiger partial charge in [0.15, 0.2) is 0 Å². The van der Waals surface area contributed by atoms with Crippen LogP contribution in [-0.4, -0.2) is 52.8 Å². The molecule has 100 valence electrons. The highest BCUT2D eigenvalue weighted by molar-refractivity contribution is 9.10. The Balaban J connectivity index is 2.17. The number of hydrogen-bond donors (Lipinski definition) is 0. The predicted octanol–water partition coefficient (Wildman–Crippen LogP) is 1.57. The Morgan fingerprint density at radius 1 is 1.56 bits per heavy atom. The lowest BCUT2D eigenvalue weighted by Gasteiger charge is -2.31. The van der Waals surface area contributed by atoms with Gasteiger partial charge in [0.2, 0.25) is 5.78 Å². The van der Waals surface area contributed by atoms with Gasteiger partial charge in [-0.1, -0.05) is 6.92 Å². The van der Waals surface area contributed by atoms with Crippen molar-refractivity contribution >= 4 is 21.7 Å². The fourth-order valence-electron chi connectivity index (χ4n) is 2.15. The van der Waals surface area contributed by atoms with E-state index < -0.39 is 0 Å². The van der Waals surface area contributed by atoms with Crippen molar-refractivity contribution in [3.63, 3.8) is 0 Å². The van der Waals surface area contributed by atoms with Crippen molar-refractivity contribution in [2.24, 2.45) is 0 Å². The fraction of sp³-hybridized carbons (Fsp3) is 0.667. The molecular weight excluding hydrogens is 298 g/mol. The van der Waals surface area contributed by atoms with Gasteiger partial charge < -0.3 is 4.74 Å². The molecule has 0 amide bonds. The smallest absolute Gasteiger partial charge is 0.211 e. The molecule has 1 unspecified atom stereocenters. The topological polar surface area (TPSA) is 47.4 Å². The summed E-state index contributed by atoms with van der Waals surface area (Å²) in [4.78, 5) is 14.7. The van der Waals surface area contributed by atoms with Gasteiger partial charge >= 0.3 is 0 Å². The second-order valence-corrected chi connectivity index (χ2v) is 5.13. The van der Waals surface area contributed by atoms with Crippen LogP contribution in [0.5, 0.6) is 0 Å². The van der Waals surface area contributed by atoms with Crippen LogP contribution < -0.4 is 0 Å². The molecule has 6 heteroatoms. The Labute approximate surface area is 115 Å². The van der Waals surface area contributed by atoms with E-state index in [0.29, 0.717) is 25.4 Å². The maximum atomic E-state index is 12.5. The molecule has 1 atom stereocenters. The largest absolute Gasteiger partial charge is 0.367 e. The fourth-order valence-corrected chi connectivity index (χ4v) is 2.64. The molecule has 1 aliphatic rings. The van der Waals surface area contributed by atoms with Crippen LogP contribution in [0, 0.1) is 0 Å². The van der Waals surface area contributed by atoms with Crippen LogP contribution in [0.1, 0.15) is 24.3 Å². The number of ether oxygens (including phenoxy) is 1. The number of halogens is 1. The first-order chi connectivity index (χ1) is 8.67. The number of Topliss-reactive ketones (excluding diaryl/α,β-unsaturated/α-hetero) is 1. The zero-order chi connectivity index (χ0) is 13.1. The van der Waals surface area contributed by atoms with E-state index in [0.717, 1.165) is 17.6 Å². The molecule has 0 aromatic carbocycles. The normalized spacial score (nSPS) is 21.2. The highest BCUT2D eigenvalue weighted by Crippen LogP contribution is 2.20. The van der Waals surface area contributed by atoms with Gasteiger partial charge in [0, 0.05) is 19.6 Å². The summed E-state index contributed by atoms with van der Waals surface area (Å²) in [5.74, 6) is 0.0133. The van der Waals surface area contributed by atoms with Gasteiger partial charge in [-0.3, -0.25) is 14.4 Å². The standard InChI is InChI=1S/C12H18BrN3O2/c1-3-15-5-6-18-10(8-15)12(17)11-9(13)7-14-16(11)4-2/h7,10H,3-6,8H2,1-2H3. The molecular formula is C12H18BrN3O2. The van der Waals surface area contributed by atoms with Crippen LogP contribution in [-0.2, 0) is 11.3 Å². The van der Waals surface area contributed by atoms with Crippen LogP contribution in [0.25, 0.3) is 0 Å². The first-order valence-electron chi connectivity index (χ1n) is 6.26. The van der Waals surface area contributed by atoms with Crippen LogP contribution >= 0.6 is 15.9 Å². The van der Waals surface area contributed by atoms with E-state index in [2.05, 4.69) is 32.9 Å². The molecule has 1 aliphatic heterocycles. The first-order valence-corrected chi connectivity index (χ1v) is 7.06. The predicted molar refractivity (Wildman–Crippen MR) is 71.8 cm³/mol. The van der Waals surface area contributed by atoms with Crippen LogP contribution in [0.4, 0.5) is 0 Å². The van der Waals surface area contributed by atoms with E-state index in [9.17, 15) is 4.79 Å². The van der Waals surface area contributed by atoms with Gasteiger partial charge in [0.25, 0.3) is 0 Å². The molecule has 2 rings (SSSR count). The van der Waals surface area contributed by atoms with E-state index in [1.807, 2.05) is 6.92 Å². The van der Waals surface area contributed by atoms with Gasteiger partial charge in [-0.25, -0.2) is 0 Å². The number of ketones is 1. The van der Waals surface area contributed by atoms with Crippen LogP contribution in [0.15, 0.2) is 10.7 Å². The summed E-state index contributed by atoms with van der Waals surface area (Å²) < 4.78 is 8.05. The zero-order valence-corrected chi connectivity index (χ0v) is 12.3. The Kier molecular flexibility index (Phi) is 4.53. The van der Waals surface area contributed by atoms with Crippen molar-refractivity contribution < 1.29 is 9.53 Å². The third-order valence-corrected chi connectivity index (χ3v) is 3.80. The molecule has 18 heavy (non-hydrogen) atoms. The first kappa shape index (κ1) is 13.7. The third-order valence-electron chi connectivity index (χ3n) is 3.22. The highest BCUT2D eigenvalue weighted by atomic mass is 79.9. The summed E-state index contributed by atoms with van der Waals surface area (Å²) >= 11 is 3.38. The highest BCUT2D eigenvalue weighted by Gasteiger charge is 2.30. The molecule has 0 saturated carbocycles. The van der Waals surface area contributed by atoms with E-state index >= 15 is 0 Å². The van der Waals surface area contributed by atoms with Gasteiger partial charge in [-0.15, -0.1) is 0 Å². The Morgan fingerprint density at radius 2 is 2.33 bits per heavy atom. The quantitative estimate of drug-likeness (QED) is 0.791. The van der Waals surface area contributed by atoms with Crippen LogP contribution in [0.3, 0.4) is 0 Å². The number of likely N-dealkylation sites (N-methyl/N-ethyl adjacent to an activating group) is 1. The number of carbonyl (C=O) groups is 1. The lowest BCUT2D eigenvalue weighted by atomic mass is 10.1. The van der Waals surface area contributed by atoms with Crippen molar-refractivity contribution in [2.75, 3.05) is 26.2 Å². The minimum absolute atomic E-state index is 0.0133. The third kappa shape index (κ3) is 2.65. The number of morpholine rings is 1. The molecule has 1 fully saturated rings. The van der Waals surface area contributed by atoms with Gasteiger partial charge in [-0.2, -0.15) is 5.10 Å². The summed E-state index contributed by atoms with van der Waals surface area (Å²) in [7, 11) is 0. The van der Waals surface area contributed by atoms with Crippen molar-refractivity contribution in [1.82, 2.24) is 14.7 Å². The number of aromatic nitrogens is 2. The summed E-state index contributed by atoms with van der Waals surface area (Å²) in [6.45, 7) is 7.86. The molecule has 2 heterocycles. The minimum atomic E-state index is -0.378. The molecule has 0 radical (unpaired) electrons. The summed E-state index contributed by atoms with van der Waals surface area (Å²) in [6, 6.07) is 0.